The number of carbonyl (C=O) groups excluding carboxylic acids is 1. The average molecular weight is 477 g/mol. The maximum absolute atomic E-state index is 12.9. The van der Waals surface area contributed by atoms with Crippen molar-refractivity contribution in [2.45, 2.75) is 0 Å². The van der Waals surface area contributed by atoms with E-state index in [1.807, 2.05) is 53.9 Å². The molecule has 0 bridgehead atoms. The van der Waals surface area contributed by atoms with Crippen molar-refractivity contribution in [1.82, 2.24) is 4.98 Å². The van der Waals surface area contributed by atoms with E-state index < -0.39 is 0 Å². The lowest BCUT2D eigenvalue weighted by molar-refractivity contribution is 0.103. The molecule has 32 heavy (non-hydrogen) atoms. The third-order valence-electron chi connectivity index (χ3n) is 5.05. The molecule has 1 amide bonds. The van der Waals surface area contributed by atoms with Gasteiger partial charge in [-0.1, -0.05) is 66.2 Å². The summed E-state index contributed by atoms with van der Waals surface area (Å²) in [6.07, 6.45) is 0. The van der Waals surface area contributed by atoms with E-state index in [4.69, 9.17) is 16.3 Å². The number of thiophene rings is 1. The third-order valence-corrected chi connectivity index (χ3v) is 7.49. The number of thiazole rings is 1. The van der Waals surface area contributed by atoms with Crippen LogP contribution in [0.3, 0.4) is 0 Å². The fourth-order valence-corrected chi connectivity index (χ4v) is 5.50. The van der Waals surface area contributed by atoms with Crippen molar-refractivity contribution < 1.29 is 9.53 Å². The van der Waals surface area contributed by atoms with Gasteiger partial charge in [-0.3, -0.25) is 10.1 Å². The SMILES string of the molecule is COc1ccc2sc(C(=O)Nc3nc(-c4ccc(-c5ccccc5)cc4)cs3)c(Cl)c2c1. The van der Waals surface area contributed by atoms with Crippen LogP contribution in [0.2, 0.25) is 5.02 Å². The molecule has 5 aromatic rings. The quantitative estimate of drug-likeness (QED) is 0.284. The van der Waals surface area contributed by atoms with Crippen LogP contribution in [0.5, 0.6) is 5.75 Å². The van der Waals surface area contributed by atoms with Crippen LogP contribution in [0.25, 0.3) is 32.5 Å². The summed E-state index contributed by atoms with van der Waals surface area (Å²) in [6, 6.07) is 24.1. The van der Waals surface area contributed by atoms with Gasteiger partial charge in [-0.25, -0.2) is 4.98 Å². The Kier molecular flexibility index (Phi) is 5.66. The van der Waals surface area contributed by atoms with Crippen molar-refractivity contribution >= 4 is 55.4 Å². The highest BCUT2D eigenvalue weighted by Crippen LogP contribution is 2.38. The number of anilines is 1. The number of amides is 1. The average Bonchev–Trinajstić information content (AvgIpc) is 3.44. The Morgan fingerprint density at radius 1 is 0.969 bits per heavy atom. The molecule has 0 atom stereocenters. The minimum absolute atomic E-state index is 0.268. The molecule has 1 N–H and O–H groups in total. The van der Waals surface area contributed by atoms with Crippen LogP contribution in [-0.4, -0.2) is 18.0 Å². The molecule has 7 heteroatoms. The van der Waals surface area contributed by atoms with Gasteiger partial charge in [-0.2, -0.15) is 0 Å². The van der Waals surface area contributed by atoms with Gasteiger partial charge >= 0.3 is 0 Å². The molecular weight excluding hydrogens is 460 g/mol. The molecule has 0 spiro atoms. The second-order valence-electron chi connectivity index (χ2n) is 7.04. The summed E-state index contributed by atoms with van der Waals surface area (Å²) in [5.41, 5.74) is 4.13. The molecule has 3 aromatic carbocycles. The Morgan fingerprint density at radius 3 is 2.44 bits per heavy atom. The molecule has 0 aliphatic heterocycles. The van der Waals surface area contributed by atoms with E-state index in [0.29, 0.717) is 20.8 Å². The Hall–Kier alpha value is -3.19. The van der Waals surface area contributed by atoms with E-state index in [9.17, 15) is 4.79 Å². The van der Waals surface area contributed by atoms with Gasteiger partial charge in [-0.15, -0.1) is 22.7 Å². The zero-order valence-electron chi connectivity index (χ0n) is 17.0. The number of benzene rings is 3. The van der Waals surface area contributed by atoms with Crippen molar-refractivity contribution in [3.63, 3.8) is 0 Å². The van der Waals surface area contributed by atoms with Crippen molar-refractivity contribution in [2.75, 3.05) is 12.4 Å². The molecule has 0 fully saturated rings. The van der Waals surface area contributed by atoms with Crippen LogP contribution < -0.4 is 10.1 Å². The van der Waals surface area contributed by atoms with Gasteiger partial charge in [0.25, 0.3) is 5.91 Å². The molecule has 0 saturated heterocycles. The molecule has 5 rings (SSSR count). The maximum atomic E-state index is 12.9. The Labute approximate surface area is 198 Å². The summed E-state index contributed by atoms with van der Waals surface area (Å²) in [7, 11) is 1.60. The van der Waals surface area contributed by atoms with Crippen molar-refractivity contribution in [2.24, 2.45) is 0 Å². The lowest BCUT2D eigenvalue weighted by atomic mass is 10.0. The molecule has 0 radical (unpaired) electrons. The summed E-state index contributed by atoms with van der Waals surface area (Å²) >= 11 is 9.23. The van der Waals surface area contributed by atoms with E-state index in [1.54, 1.807) is 7.11 Å². The number of fused-ring (bicyclic) bond motifs is 1. The molecular formula is C25H17ClN2O2S2. The lowest BCUT2D eigenvalue weighted by Crippen LogP contribution is -2.10. The predicted molar refractivity (Wildman–Crippen MR) is 134 cm³/mol. The summed E-state index contributed by atoms with van der Waals surface area (Å²) in [4.78, 5) is 17.9. The zero-order chi connectivity index (χ0) is 22.1. The first-order valence-corrected chi connectivity index (χ1v) is 11.9. The smallest absolute Gasteiger partial charge is 0.269 e. The van der Waals surface area contributed by atoms with E-state index in [0.717, 1.165) is 26.9 Å². The normalized spacial score (nSPS) is 10.9. The second-order valence-corrected chi connectivity index (χ2v) is 9.33. The van der Waals surface area contributed by atoms with Crippen LogP contribution in [-0.2, 0) is 0 Å². The fourth-order valence-electron chi connectivity index (χ4n) is 3.40. The van der Waals surface area contributed by atoms with E-state index >= 15 is 0 Å². The Morgan fingerprint density at radius 2 is 1.69 bits per heavy atom. The van der Waals surface area contributed by atoms with E-state index in [1.165, 1.54) is 28.2 Å². The number of ether oxygens (including phenoxy) is 1. The maximum Gasteiger partial charge on any atom is 0.269 e. The number of aromatic nitrogens is 1. The van der Waals surface area contributed by atoms with Gasteiger partial charge in [0.2, 0.25) is 0 Å². The molecule has 158 valence electrons. The molecule has 2 heterocycles. The topological polar surface area (TPSA) is 51.2 Å². The number of rotatable bonds is 5. The van der Waals surface area contributed by atoms with Crippen molar-refractivity contribution in [1.29, 1.82) is 0 Å². The number of halogens is 1. The fraction of sp³-hybridized carbons (Fsp3) is 0.0400. The monoisotopic (exact) mass is 476 g/mol. The second kappa shape index (κ2) is 8.74. The van der Waals surface area contributed by atoms with Gasteiger partial charge in [-0.05, 0) is 29.3 Å². The van der Waals surface area contributed by atoms with Gasteiger partial charge in [0.05, 0.1) is 17.8 Å². The molecule has 0 unspecified atom stereocenters. The number of hydrogen-bond acceptors (Lipinski definition) is 5. The van der Waals surface area contributed by atoms with Gasteiger partial charge in [0, 0.05) is 21.0 Å². The molecule has 2 aromatic heterocycles. The summed E-state index contributed by atoms with van der Waals surface area (Å²) in [5, 5.41) is 6.58. The minimum atomic E-state index is -0.268. The van der Waals surface area contributed by atoms with Gasteiger partial charge < -0.3 is 4.74 Å². The van der Waals surface area contributed by atoms with Gasteiger partial charge in [0.15, 0.2) is 5.13 Å². The highest BCUT2D eigenvalue weighted by Gasteiger charge is 2.19. The van der Waals surface area contributed by atoms with Crippen LogP contribution in [0.15, 0.2) is 78.2 Å². The lowest BCUT2D eigenvalue weighted by Gasteiger charge is -2.03. The molecule has 0 aliphatic carbocycles. The first-order valence-electron chi connectivity index (χ1n) is 9.81. The minimum Gasteiger partial charge on any atom is -0.497 e. The number of nitrogens with one attached hydrogen (secondary N) is 1. The molecule has 0 aliphatic rings. The first-order chi connectivity index (χ1) is 15.6. The third kappa shape index (κ3) is 4.00. The largest absolute Gasteiger partial charge is 0.497 e. The number of nitrogens with zero attached hydrogens (tertiary/aromatic N) is 1. The number of methoxy groups -OCH3 is 1. The zero-order valence-corrected chi connectivity index (χ0v) is 19.4. The Bertz CT molecular complexity index is 1410. The van der Waals surface area contributed by atoms with Crippen LogP contribution in [0.4, 0.5) is 5.13 Å². The summed E-state index contributed by atoms with van der Waals surface area (Å²) < 4.78 is 6.19. The van der Waals surface area contributed by atoms with E-state index in [2.05, 4.69) is 34.6 Å². The first kappa shape index (κ1) is 20.7. The van der Waals surface area contributed by atoms with Crippen LogP contribution >= 0.6 is 34.3 Å². The highest BCUT2D eigenvalue weighted by molar-refractivity contribution is 7.22. The van der Waals surface area contributed by atoms with Crippen LogP contribution in [0, 0.1) is 0 Å². The predicted octanol–water partition coefficient (Wildman–Crippen LogP) is 7.61. The molecule has 0 saturated carbocycles. The van der Waals surface area contributed by atoms with E-state index in [-0.39, 0.29) is 5.91 Å². The summed E-state index contributed by atoms with van der Waals surface area (Å²) in [6.45, 7) is 0. The Balaban J connectivity index is 1.35. The van der Waals surface area contributed by atoms with Crippen molar-refractivity contribution in [3.8, 4) is 28.1 Å². The van der Waals surface area contributed by atoms with Gasteiger partial charge in [0.1, 0.15) is 10.6 Å². The number of hydrogen-bond donors (Lipinski definition) is 1. The van der Waals surface area contributed by atoms with Crippen molar-refractivity contribution in [3.05, 3.63) is 88.1 Å². The summed E-state index contributed by atoms with van der Waals surface area (Å²) in [5.74, 6) is 0.433. The number of carbonyl (C=O) groups is 1. The molecule has 4 nitrogen and oxygen atoms in total. The van der Waals surface area contributed by atoms with Crippen LogP contribution in [0.1, 0.15) is 9.67 Å². The highest BCUT2D eigenvalue weighted by atomic mass is 35.5. The standard InChI is InChI=1S/C25H17ClN2O2S2/c1-30-18-11-12-21-19(13-18)22(26)23(32-21)24(29)28-25-27-20(14-31-25)17-9-7-16(8-10-17)15-5-3-2-4-6-15/h2-14H,1H3,(H,27,28,29).